The Hall–Kier alpha value is -2.59. The van der Waals surface area contributed by atoms with Crippen molar-refractivity contribution in [3.8, 4) is 0 Å². The maximum atomic E-state index is 6.65. The van der Waals surface area contributed by atoms with Gasteiger partial charge in [0.25, 0.3) is 0 Å². The van der Waals surface area contributed by atoms with E-state index in [-0.39, 0.29) is 22.4 Å². The van der Waals surface area contributed by atoms with Crippen molar-refractivity contribution in [1.29, 1.82) is 0 Å². The quantitative estimate of drug-likeness (QED) is 0.114. The summed E-state index contributed by atoms with van der Waals surface area (Å²) in [6.45, 7) is 2.22. The van der Waals surface area contributed by atoms with Crippen LogP contribution in [0.1, 0.15) is 22.3 Å². The highest BCUT2D eigenvalue weighted by atomic mass is 127. The molecule has 0 saturated carbocycles. The summed E-state index contributed by atoms with van der Waals surface area (Å²) in [5.74, 6) is 0. The van der Waals surface area contributed by atoms with E-state index >= 15 is 0 Å². The molecule has 0 aliphatic carbocycles. The molecule has 6 heteroatoms. The highest BCUT2D eigenvalue weighted by molar-refractivity contribution is 14.1. The zero-order valence-corrected chi connectivity index (χ0v) is 24.5. The first-order valence-corrected chi connectivity index (χ1v) is 14.9. The maximum absolute atomic E-state index is 6.65. The van der Waals surface area contributed by atoms with Gasteiger partial charge in [0.1, 0.15) is 28.5 Å². The molecule has 5 rings (SSSR count). The SMILES string of the molecule is IC1O[C@H](COCc2ccccc2)C(OCc2ccccc2)C(OCc2ccccc2)C1OCc1ccccc1. The molecule has 1 aliphatic rings. The van der Waals surface area contributed by atoms with Gasteiger partial charge in [0.05, 0.1) is 33.0 Å². The number of ether oxygens (including phenoxy) is 5. The fourth-order valence-corrected chi connectivity index (χ4v) is 5.73. The van der Waals surface area contributed by atoms with Gasteiger partial charge in [0.2, 0.25) is 0 Å². The smallest absolute Gasteiger partial charge is 0.138 e. The summed E-state index contributed by atoms with van der Waals surface area (Å²) in [6, 6.07) is 40.7. The first-order valence-electron chi connectivity index (χ1n) is 13.6. The molecule has 208 valence electrons. The minimum absolute atomic E-state index is 0.246. The largest absolute Gasteiger partial charge is 0.374 e. The van der Waals surface area contributed by atoms with Crippen molar-refractivity contribution in [3.05, 3.63) is 144 Å². The lowest BCUT2D eigenvalue weighted by atomic mass is 9.99. The first-order chi connectivity index (χ1) is 19.8. The van der Waals surface area contributed by atoms with E-state index in [1.807, 2.05) is 72.8 Å². The summed E-state index contributed by atoms with van der Waals surface area (Å²) in [7, 11) is 0. The van der Waals surface area contributed by atoms with Crippen LogP contribution in [0.15, 0.2) is 121 Å². The van der Waals surface area contributed by atoms with Crippen molar-refractivity contribution < 1.29 is 23.7 Å². The Labute approximate surface area is 250 Å². The van der Waals surface area contributed by atoms with E-state index in [2.05, 4.69) is 71.1 Å². The molecule has 5 nitrogen and oxygen atoms in total. The van der Waals surface area contributed by atoms with Crippen molar-refractivity contribution in [1.82, 2.24) is 0 Å². The summed E-state index contributed by atoms with van der Waals surface area (Å²) >= 11 is 2.32. The van der Waals surface area contributed by atoms with Crippen molar-refractivity contribution >= 4 is 22.6 Å². The van der Waals surface area contributed by atoms with Gasteiger partial charge in [-0.2, -0.15) is 0 Å². The zero-order chi connectivity index (χ0) is 27.4. The summed E-state index contributed by atoms with van der Waals surface area (Å²) in [5, 5.41) is 0. The van der Waals surface area contributed by atoms with Crippen molar-refractivity contribution in [2.45, 2.75) is 55.0 Å². The van der Waals surface area contributed by atoms with Crippen molar-refractivity contribution in [2.75, 3.05) is 6.61 Å². The molecule has 0 spiro atoms. The number of halogens is 1. The fourth-order valence-electron chi connectivity index (χ4n) is 4.73. The van der Waals surface area contributed by atoms with E-state index in [1.54, 1.807) is 0 Å². The van der Waals surface area contributed by atoms with Gasteiger partial charge in [-0.15, -0.1) is 0 Å². The van der Waals surface area contributed by atoms with Gasteiger partial charge in [-0.05, 0) is 44.8 Å². The second-order valence-electron chi connectivity index (χ2n) is 9.81. The Morgan fingerprint density at radius 3 is 1.30 bits per heavy atom. The van der Waals surface area contributed by atoms with Gasteiger partial charge in [0.15, 0.2) is 0 Å². The normalized spacial score (nSPS) is 22.7. The predicted octanol–water partition coefficient (Wildman–Crippen LogP) is 7.12. The van der Waals surface area contributed by atoms with Crippen LogP contribution in [0.4, 0.5) is 0 Å². The van der Waals surface area contributed by atoms with E-state index < -0.39 is 6.10 Å². The number of hydrogen-bond donors (Lipinski definition) is 0. The Morgan fingerprint density at radius 2 is 0.850 bits per heavy atom. The molecule has 0 aromatic heterocycles. The van der Waals surface area contributed by atoms with Gasteiger partial charge in [-0.1, -0.05) is 121 Å². The van der Waals surface area contributed by atoms with Gasteiger partial charge in [-0.3, -0.25) is 0 Å². The van der Waals surface area contributed by atoms with E-state index in [1.165, 1.54) is 0 Å². The molecule has 1 saturated heterocycles. The third-order valence-corrected chi connectivity index (χ3v) is 7.83. The third-order valence-electron chi connectivity index (χ3n) is 6.83. The average molecular weight is 651 g/mol. The molecule has 1 fully saturated rings. The van der Waals surface area contributed by atoms with Crippen molar-refractivity contribution in [3.63, 3.8) is 0 Å². The van der Waals surface area contributed by atoms with Crippen LogP contribution in [0.25, 0.3) is 0 Å². The van der Waals surface area contributed by atoms with Crippen LogP contribution in [-0.2, 0) is 50.1 Å². The van der Waals surface area contributed by atoms with Crippen LogP contribution in [0.5, 0.6) is 0 Å². The summed E-state index contributed by atoms with van der Waals surface area (Å²) in [5.41, 5.74) is 4.40. The molecule has 5 atom stereocenters. The van der Waals surface area contributed by atoms with Crippen LogP contribution in [0.3, 0.4) is 0 Å². The van der Waals surface area contributed by atoms with E-state index in [9.17, 15) is 0 Å². The lowest BCUT2D eigenvalue weighted by Crippen LogP contribution is -2.59. The van der Waals surface area contributed by atoms with Gasteiger partial charge < -0.3 is 23.7 Å². The average Bonchev–Trinajstić information content (AvgIpc) is 3.01. The van der Waals surface area contributed by atoms with Crippen LogP contribution < -0.4 is 0 Å². The van der Waals surface area contributed by atoms with E-state index in [0.29, 0.717) is 33.0 Å². The molecular formula is C34H35IO5. The molecule has 0 amide bonds. The highest BCUT2D eigenvalue weighted by Crippen LogP contribution is 2.33. The van der Waals surface area contributed by atoms with Crippen LogP contribution in [-0.4, -0.2) is 35.1 Å². The molecule has 4 aromatic rings. The molecule has 1 aliphatic heterocycles. The van der Waals surface area contributed by atoms with Crippen LogP contribution in [0, 0.1) is 0 Å². The van der Waals surface area contributed by atoms with Crippen LogP contribution >= 0.6 is 22.6 Å². The maximum Gasteiger partial charge on any atom is 0.138 e. The number of alkyl halides is 1. The second-order valence-corrected chi connectivity index (χ2v) is 11.0. The van der Waals surface area contributed by atoms with Crippen LogP contribution in [0.2, 0.25) is 0 Å². The highest BCUT2D eigenvalue weighted by Gasteiger charge is 2.47. The first kappa shape index (κ1) is 28.9. The Morgan fingerprint density at radius 1 is 0.475 bits per heavy atom. The lowest BCUT2D eigenvalue weighted by molar-refractivity contribution is -0.251. The Kier molecular flexibility index (Phi) is 11.1. The minimum atomic E-state index is -0.397. The Balaban J connectivity index is 1.36. The minimum Gasteiger partial charge on any atom is -0.374 e. The summed E-state index contributed by atoms with van der Waals surface area (Å²) in [6.07, 6.45) is -1.43. The lowest BCUT2D eigenvalue weighted by Gasteiger charge is -2.44. The molecule has 4 aromatic carbocycles. The van der Waals surface area contributed by atoms with Gasteiger partial charge in [-0.25, -0.2) is 0 Å². The number of hydrogen-bond acceptors (Lipinski definition) is 5. The molecule has 4 unspecified atom stereocenters. The number of rotatable bonds is 13. The predicted molar refractivity (Wildman–Crippen MR) is 164 cm³/mol. The molecule has 0 bridgehead atoms. The topological polar surface area (TPSA) is 46.2 Å². The fraction of sp³-hybridized carbons (Fsp3) is 0.294. The molecular weight excluding hydrogens is 615 g/mol. The summed E-state index contributed by atoms with van der Waals surface area (Å²) < 4.78 is 32.2. The zero-order valence-electron chi connectivity index (χ0n) is 22.4. The summed E-state index contributed by atoms with van der Waals surface area (Å²) in [4.78, 5) is 0. The molecule has 0 radical (unpaired) electrons. The van der Waals surface area contributed by atoms with Gasteiger partial charge in [0, 0.05) is 0 Å². The molecule has 1 heterocycles. The monoisotopic (exact) mass is 650 g/mol. The molecule has 40 heavy (non-hydrogen) atoms. The standard InChI is InChI=1S/C34H35IO5/c35-34-33(39-24-29-19-11-4-12-20-29)32(38-23-28-17-9-3-10-18-28)31(37-22-27-15-7-2-8-16-27)30(40-34)25-36-21-26-13-5-1-6-14-26/h1-20,30-34H,21-25H2/t30-,31?,32?,33?,34?/m1/s1. The van der Waals surface area contributed by atoms with Crippen molar-refractivity contribution in [2.24, 2.45) is 0 Å². The van der Waals surface area contributed by atoms with Gasteiger partial charge >= 0.3 is 0 Å². The Bertz CT molecular complexity index is 1240. The second kappa shape index (κ2) is 15.4. The van der Waals surface area contributed by atoms with E-state index in [0.717, 1.165) is 22.3 Å². The number of benzene rings is 4. The molecule has 0 N–H and O–H groups in total. The van der Waals surface area contributed by atoms with E-state index in [4.69, 9.17) is 23.7 Å². The third kappa shape index (κ3) is 8.46.